The highest BCUT2D eigenvalue weighted by molar-refractivity contribution is 5.98. The van der Waals surface area contributed by atoms with E-state index in [1.807, 2.05) is 0 Å². The molecule has 2 aliphatic carbocycles. The van der Waals surface area contributed by atoms with Crippen LogP contribution in [0.5, 0.6) is 0 Å². The van der Waals surface area contributed by atoms with Crippen molar-refractivity contribution in [2.75, 3.05) is 4.90 Å². The van der Waals surface area contributed by atoms with Crippen LogP contribution in [-0.2, 0) is 10.8 Å². The number of benzene rings is 7. The molecule has 0 fully saturated rings. The molecule has 0 bridgehead atoms. The number of aromatic nitrogens is 1. The van der Waals surface area contributed by atoms with E-state index in [1.54, 1.807) is 5.57 Å². The summed E-state index contributed by atoms with van der Waals surface area (Å²) in [5.74, 6) is 0.374. The lowest BCUT2D eigenvalue weighted by atomic mass is 9.66. The molecule has 0 N–H and O–H groups in total. The Labute approximate surface area is 340 Å². The maximum absolute atomic E-state index is 2.69. The second-order valence-corrected chi connectivity index (χ2v) is 18.1. The minimum absolute atomic E-state index is 0.0654. The third-order valence-electron chi connectivity index (χ3n) is 14.1. The third-order valence-corrected chi connectivity index (χ3v) is 14.1. The number of hydrogen-bond acceptors (Lipinski definition) is 1. The number of anilines is 3. The summed E-state index contributed by atoms with van der Waals surface area (Å²) in [6.07, 6.45) is 13.2. The molecule has 0 saturated heterocycles. The highest BCUT2D eigenvalue weighted by atomic mass is 15.1. The van der Waals surface area contributed by atoms with Crippen LogP contribution in [0, 0.1) is 5.92 Å². The predicted molar refractivity (Wildman–Crippen MR) is 245 cm³/mol. The standard InChI is InChI=1S/C56H46N2/c1-55(2)48-19-12-20-49-54(48)58-52-46(31-41(33-50(52)55)35-13-6-5-7-14-35)47-32-42(34-51(53(47)58)56(49,3)4)38-21-25-43(26-22-38)57(44-27-23-36-15-8-10-17-39(36)29-44)45-28-24-37-16-9-11-18-40(37)30-45/h6,8-32,34,41H,5,7,33H2,1-4H3. The van der Waals surface area contributed by atoms with Gasteiger partial charge >= 0.3 is 0 Å². The average Bonchev–Trinajstić information content (AvgIpc) is 3.59. The summed E-state index contributed by atoms with van der Waals surface area (Å²) in [5.41, 5.74) is 15.9. The summed E-state index contributed by atoms with van der Waals surface area (Å²) in [7, 11) is 0. The van der Waals surface area contributed by atoms with Crippen LogP contribution in [-0.4, -0.2) is 4.57 Å². The fourth-order valence-corrected chi connectivity index (χ4v) is 11.0. The molecule has 2 nitrogen and oxygen atoms in total. The van der Waals surface area contributed by atoms with E-state index in [0.717, 1.165) is 36.3 Å². The summed E-state index contributed by atoms with van der Waals surface area (Å²) in [6.45, 7) is 9.85. The van der Waals surface area contributed by atoms with E-state index >= 15 is 0 Å². The van der Waals surface area contributed by atoms with Gasteiger partial charge in [-0.15, -0.1) is 0 Å². The molecule has 280 valence electrons. The monoisotopic (exact) mass is 746 g/mol. The molecule has 8 aromatic rings. The van der Waals surface area contributed by atoms with Gasteiger partial charge in [-0.3, -0.25) is 0 Å². The molecule has 3 heterocycles. The fraction of sp³-hybridized carbons (Fsp3) is 0.179. The molecule has 4 aliphatic rings. The molecule has 7 aromatic carbocycles. The van der Waals surface area contributed by atoms with Crippen molar-refractivity contribution in [3.63, 3.8) is 0 Å². The molecular formula is C56H46N2. The Hall–Kier alpha value is -6.38. The summed E-state index contributed by atoms with van der Waals surface area (Å²) >= 11 is 0. The Morgan fingerprint density at radius 3 is 1.86 bits per heavy atom. The third kappa shape index (κ3) is 4.72. The number of fused-ring (bicyclic) bond motifs is 3. The largest absolute Gasteiger partial charge is 0.310 e. The zero-order chi connectivity index (χ0) is 38.9. The molecule has 12 rings (SSSR count). The van der Waals surface area contributed by atoms with Gasteiger partial charge in [-0.2, -0.15) is 0 Å². The Bertz CT molecular complexity index is 3180. The molecule has 0 radical (unpaired) electrons. The van der Waals surface area contributed by atoms with Crippen molar-refractivity contribution in [1.29, 1.82) is 0 Å². The fourth-order valence-electron chi connectivity index (χ4n) is 11.0. The van der Waals surface area contributed by atoms with Crippen molar-refractivity contribution >= 4 is 61.2 Å². The van der Waals surface area contributed by atoms with Crippen LogP contribution in [0.15, 0.2) is 163 Å². The van der Waals surface area contributed by atoms with Crippen LogP contribution >= 0.6 is 0 Å². The molecule has 0 saturated carbocycles. The quantitative estimate of drug-likeness (QED) is 0.170. The van der Waals surface area contributed by atoms with Gasteiger partial charge in [-0.25, -0.2) is 0 Å². The molecule has 1 unspecified atom stereocenters. The topological polar surface area (TPSA) is 8.17 Å². The van der Waals surface area contributed by atoms with Crippen LogP contribution in [0.3, 0.4) is 0 Å². The van der Waals surface area contributed by atoms with Crippen molar-refractivity contribution in [2.45, 2.75) is 57.8 Å². The second-order valence-electron chi connectivity index (χ2n) is 18.1. The predicted octanol–water partition coefficient (Wildman–Crippen LogP) is 13.2. The lowest BCUT2D eigenvalue weighted by Gasteiger charge is -2.43. The molecule has 0 spiro atoms. The number of allylic oxidation sites excluding steroid dienone is 4. The first-order valence-corrected chi connectivity index (χ1v) is 21.1. The Morgan fingerprint density at radius 1 is 0.569 bits per heavy atom. The van der Waals surface area contributed by atoms with Crippen LogP contribution in [0.25, 0.3) is 60.9 Å². The minimum Gasteiger partial charge on any atom is -0.310 e. The van der Waals surface area contributed by atoms with Gasteiger partial charge in [0.1, 0.15) is 0 Å². The first kappa shape index (κ1) is 33.7. The summed E-state index contributed by atoms with van der Waals surface area (Å²) in [6, 6.07) is 52.4. The van der Waals surface area contributed by atoms with Crippen molar-refractivity contribution in [1.82, 2.24) is 4.57 Å². The number of para-hydroxylation sites is 1. The Morgan fingerprint density at radius 2 is 1.21 bits per heavy atom. The van der Waals surface area contributed by atoms with Gasteiger partial charge in [0.25, 0.3) is 0 Å². The van der Waals surface area contributed by atoms with Crippen LogP contribution < -0.4 is 15.5 Å². The SMILES string of the molecule is CC1(C)C2=c3c(c4cc(-c5ccc(N(c6ccc7ccccc7c6)c6ccc7ccccc7c6)cc5)cc5c4n3-c3c1cccc3C5(C)C)=CC(C1=CCCC=C1)C2. The number of rotatable bonds is 5. The van der Waals surface area contributed by atoms with E-state index in [4.69, 9.17) is 0 Å². The lowest BCUT2D eigenvalue weighted by Crippen LogP contribution is -2.46. The van der Waals surface area contributed by atoms with Crippen LogP contribution in [0.4, 0.5) is 17.1 Å². The van der Waals surface area contributed by atoms with E-state index in [2.05, 4.69) is 201 Å². The van der Waals surface area contributed by atoms with Crippen molar-refractivity contribution in [2.24, 2.45) is 5.92 Å². The summed E-state index contributed by atoms with van der Waals surface area (Å²) < 4.78 is 2.69. The molecule has 1 atom stereocenters. The van der Waals surface area contributed by atoms with Crippen LogP contribution in [0.2, 0.25) is 0 Å². The molecule has 58 heavy (non-hydrogen) atoms. The maximum atomic E-state index is 2.69. The van der Waals surface area contributed by atoms with Gasteiger partial charge in [0.05, 0.1) is 16.6 Å². The Balaban J connectivity index is 1.06. The first-order valence-electron chi connectivity index (χ1n) is 21.1. The van der Waals surface area contributed by atoms with Crippen LogP contribution in [0.1, 0.15) is 63.6 Å². The summed E-state index contributed by atoms with van der Waals surface area (Å²) in [5, 5.41) is 9.22. The smallest absolute Gasteiger partial charge is 0.0582 e. The van der Waals surface area contributed by atoms with E-state index in [1.165, 1.54) is 82.1 Å². The normalized spacial score (nSPS) is 18.0. The number of nitrogens with zero attached hydrogens (tertiary/aromatic N) is 2. The van der Waals surface area contributed by atoms with Gasteiger partial charge < -0.3 is 9.47 Å². The van der Waals surface area contributed by atoms with Crippen molar-refractivity contribution in [3.8, 4) is 16.8 Å². The second kappa shape index (κ2) is 12.1. The van der Waals surface area contributed by atoms with E-state index in [-0.39, 0.29) is 10.8 Å². The van der Waals surface area contributed by atoms with Gasteiger partial charge in [-0.1, -0.05) is 143 Å². The highest BCUT2D eigenvalue weighted by Gasteiger charge is 2.44. The molecule has 1 aromatic heterocycles. The molecule has 2 aliphatic heterocycles. The number of hydrogen-bond donors (Lipinski definition) is 0. The first-order chi connectivity index (χ1) is 28.3. The van der Waals surface area contributed by atoms with Gasteiger partial charge in [0.2, 0.25) is 0 Å². The van der Waals surface area contributed by atoms with Crippen molar-refractivity contribution in [3.05, 3.63) is 191 Å². The van der Waals surface area contributed by atoms with E-state index < -0.39 is 0 Å². The molecule has 2 heteroatoms. The average molecular weight is 747 g/mol. The van der Waals surface area contributed by atoms with E-state index in [0.29, 0.717) is 5.92 Å². The zero-order valence-electron chi connectivity index (χ0n) is 33.7. The summed E-state index contributed by atoms with van der Waals surface area (Å²) in [4.78, 5) is 2.40. The van der Waals surface area contributed by atoms with Gasteiger partial charge in [0, 0.05) is 44.4 Å². The highest BCUT2D eigenvalue weighted by Crippen LogP contribution is 2.52. The Kier molecular flexibility index (Phi) is 7.02. The molecular weight excluding hydrogens is 701 g/mol. The van der Waals surface area contributed by atoms with Gasteiger partial charge in [-0.05, 0) is 128 Å². The lowest BCUT2D eigenvalue weighted by molar-refractivity contribution is 0.582. The molecule has 0 amide bonds. The minimum atomic E-state index is -0.166. The van der Waals surface area contributed by atoms with E-state index in [9.17, 15) is 0 Å². The maximum Gasteiger partial charge on any atom is 0.0582 e. The van der Waals surface area contributed by atoms with Crippen molar-refractivity contribution < 1.29 is 0 Å². The zero-order valence-corrected chi connectivity index (χ0v) is 33.7. The van der Waals surface area contributed by atoms with Gasteiger partial charge in [0.15, 0.2) is 0 Å².